The third-order valence-corrected chi connectivity index (χ3v) is 7.48. The Morgan fingerprint density at radius 1 is 1.19 bits per heavy atom. The molecule has 1 amide bonds. The van der Waals surface area contributed by atoms with Crippen LogP contribution in [0.2, 0.25) is 0 Å². The molecule has 3 rings (SSSR count). The van der Waals surface area contributed by atoms with Gasteiger partial charge in [-0.1, -0.05) is 30.3 Å². The van der Waals surface area contributed by atoms with Gasteiger partial charge in [0.05, 0.1) is 23.9 Å². The number of piperidine rings is 1. The molecule has 2 heterocycles. The van der Waals surface area contributed by atoms with Crippen molar-refractivity contribution in [1.82, 2.24) is 9.21 Å². The Morgan fingerprint density at radius 3 is 2.42 bits per heavy atom. The molecule has 1 aromatic rings. The molecular weight excluding hydrogens is 352 g/mol. The van der Waals surface area contributed by atoms with Crippen LogP contribution in [0, 0.1) is 0 Å². The van der Waals surface area contributed by atoms with Crippen LogP contribution in [0.25, 0.3) is 0 Å². The number of ether oxygens (including phenoxy) is 1. The van der Waals surface area contributed by atoms with E-state index >= 15 is 0 Å². The molecular formula is C19H28N2O4S. The lowest BCUT2D eigenvalue weighted by molar-refractivity contribution is -0.146. The first-order valence-electron chi connectivity index (χ1n) is 9.33. The molecule has 2 aliphatic rings. The SMILES string of the molecule is CCS(=O)(=O)N1CCC(C(=O)N2CCOC(C)C2)(c2ccccc2)CC1. The van der Waals surface area contributed by atoms with Gasteiger partial charge in [0, 0.05) is 26.2 Å². The van der Waals surface area contributed by atoms with Gasteiger partial charge in [-0.25, -0.2) is 12.7 Å². The minimum absolute atomic E-state index is 0.0288. The van der Waals surface area contributed by atoms with E-state index < -0.39 is 15.4 Å². The quantitative estimate of drug-likeness (QED) is 0.796. The molecule has 0 saturated carbocycles. The number of sulfonamides is 1. The van der Waals surface area contributed by atoms with Gasteiger partial charge in [-0.2, -0.15) is 0 Å². The monoisotopic (exact) mass is 380 g/mol. The van der Waals surface area contributed by atoms with Crippen molar-refractivity contribution in [3.8, 4) is 0 Å². The molecule has 0 aliphatic carbocycles. The first-order chi connectivity index (χ1) is 12.4. The second-order valence-electron chi connectivity index (χ2n) is 7.18. The highest BCUT2D eigenvalue weighted by Crippen LogP contribution is 2.38. The summed E-state index contributed by atoms with van der Waals surface area (Å²) >= 11 is 0. The van der Waals surface area contributed by atoms with E-state index in [1.165, 1.54) is 4.31 Å². The topological polar surface area (TPSA) is 66.9 Å². The van der Waals surface area contributed by atoms with Gasteiger partial charge in [-0.3, -0.25) is 4.79 Å². The summed E-state index contributed by atoms with van der Waals surface area (Å²) in [5, 5.41) is 0. The third-order valence-electron chi connectivity index (χ3n) is 5.60. The van der Waals surface area contributed by atoms with Gasteiger partial charge in [-0.15, -0.1) is 0 Å². The van der Waals surface area contributed by atoms with E-state index in [1.54, 1.807) is 6.92 Å². The van der Waals surface area contributed by atoms with Gasteiger partial charge in [-0.05, 0) is 32.3 Å². The molecule has 7 heteroatoms. The second kappa shape index (κ2) is 7.66. The zero-order valence-corrected chi connectivity index (χ0v) is 16.4. The van der Waals surface area contributed by atoms with E-state index in [9.17, 15) is 13.2 Å². The van der Waals surface area contributed by atoms with Gasteiger partial charge < -0.3 is 9.64 Å². The summed E-state index contributed by atoms with van der Waals surface area (Å²) in [7, 11) is -3.22. The summed E-state index contributed by atoms with van der Waals surface area (Å²) < 4.78 is 31.6. The van der Waals surface area contributed by atoms with E-state index in [4.69, 9.17) is 4.74 Å². The van der Waals surface area contributed by atoms with Crippen LogP contribution in [0.5, 0.6) is 0 Å². The summed E-state index contributed by atoms with van der Waals surface area (Å²) in [6.45, 7) is 6.14. The average Bonchev–Trinajstić information content (AvgIpc) is 2.68. The number of carbonyl (C=O) groups excluding carboxylic acids is 1. The number of hydrogen-bond donors (Lipinski definition) is 0. The van der Waals surface area contributed by atoms with Crippen LogP contribution < -0.4 is 0 Å². The molecule has 1 aromatic carbocycles. The maximum absolute atomic E-state index is 13.5. The Labute approximate surface area is 156 Å². The minimum Gasteiger partial charge on any atom is -0.375 e. The summed E-state index contributed by atoms with van der Waals surface area (Å²) in [5.41, 5.74) is 0.329. The maximum Gasteiger partial charge on any atom is 0.233 e. The van der Waals surface area contributed by atoms with Crippen molar-refractivity contribution in [3.05, 3.63) is 35.9 Å². The minimum atomic E-state index is -3.22. The largest absolute Gasteiger partial charge is 0.375 e. The zero-order chi connectivity index (χ0) is 18.8. The number of amides is 1. The molecule has 0 radical (unpaired) electrons. The standard InChI is InChI=1S/C19H28N2O4S/c1-3-26(23,24)21-11-9-19(10-12-21,17-7-5-4-6-8-17)18(22)20-13-14-25-16(2)15-20/h4-8,16H,3,9-15H2,1-2H3. The van der Waals surface area contributed by atoms with Crippen molar-refractivity contribution >= 4 is 15.9 Å². The molecule has 144 valence electrons. The van der Waals surface area contributed by atoms with Crippen molar-refractivity contribution in [2.45, 2.75) is 38.2 Å². The Bertz CT molecular complexity index is 727. The Kier molecular flexibility index (Phi) is 5.69. The fourth-order valence-corrected chi connectivity index (χ4v) is 5.12. The highest BCUT2D eigenvalue weighted by molar-refractivity contribution is 7.89. The third kappa shape index (κ3) is 3.66. The fraction of sp³-hybridized carbons (Fsp3) is 0.632. The van der Waals surface area contributed by atoms with Crippen LogP contribution in [-0.2, 0) is 25.0 Å². The first-order valence-corrected chi connectivity index (χ1v) is 10.9. The van der Waals surface area contributed by atoms with E-state index in [0.717, 1.165) is 5.56 Å². The average molecular weight is 381 g/mol. The number of carbonyl (C=O) groups is 1. The molecule has 1 atom stereocenters. The molecule has 2 saturated heterocycles. The summed E-state index contributed by atoms with van der Waals surface area (Å²) in [4.78, 5) is 15.4. The number of morpholine rings is 1. The van der Waals surface area contributed by atoms with Crippen LogP contribution in [-0.4, -0.2) is 68.2 Å². The molecule has 0 bridgehead atoms. The number of hydrogen-bond acceptors (Lipinski definition) is 4. The van der Waals surface area contributed by atoms with Crippen LogP contribution in [0.3, 0.4) is 0 Å². The summed E-state index contributed by atoms with van der Waals surface area (Å²) in [5.74, 6) is 0.202. The maximum atomic E-state index is 13.5. The Balaban J connectivity index is 1.89. The molecule has 0 aromatic heterocycles. The molecule has 0 N–H and O–H groups in total. The van der Waals surface area contributed by atoms with Gasteiger partial charge in [0.15, 0.2) is 0 Å². The van der Waals surface area contributed by atoms with Crippen molar-refractivity contribution in [2.75, 3.05) is 38.5 Å². The molecule has 6 nitrogen and oxygen atoms in total. The summed E-state index contributed by atoms with van der Waals surface area (Å²) in [6.07, 6.45) is 1.06. The highest BCUT2D eigenvalue weighted by Gasteiger charge is 2.47. The lowest BCUT2D eigenvalue weighted by atomic mass is 9.72. The Morgan fingerprint density at radius 2 is 1.85 bits per heavy atom. The molecule has 0 spiro atoms. The normalized spacial score (nSPS) is 24.4. The molecule has 1 unspecified atom stereocenters. The Hall–Kier alpha value is -1.44. The van der Waals surface area contributed by atoms with Crippen LogP contribution >= 0.6 is 0 Å². The fourth-order valence-electron chi connectivity index (χ4n) is 4.02. The van der Waals surface area contributed by atoms with Crippen molar-refractivity contribution in [3.63, 3.8) is 0 Å². The highest BCUT2D eigenvalue weighted by atomic mass is 32.2. The van der Waals surface area contributed by atoms with E-state index in [0.29, 0.717) is 45.6 Å². The zero-order valence-electron chi connectivity index (χ0n) is 15.6. The van der Waals surface area contributed by atoms with E-state index in [-0.39, 0.29) is 17.8 Å². The lowest BCUT2D eigenvalue weighted by Gasteiger charge is -2.44. The van der Waals surface area contributed by atoms with Crippen molar-refractivity contribution in [2.24, 2.45) is 0 Å². The number of benzene rings is 1. The van der Waals surface area contributed by atoms with Gasteiger partial charge in [0.25, 0.3) is 0 Å². The smallest absolute Gasteiger partial charge is 0.233 e. The van der Waals surface area contributed by atoms with Crippen LogP contribution in [0.4, 0.5) is 0 Å². The lowest BCUT2D eigenvalue weighted by Crippen LogP contribution is -2.56. The van der Waals surface area contributed by atoms with Gasteiger partial charge in [0.2, 0.25) is 15.9 Å². The van der Waals surface area contributed by atoms with Gasteiger partial charge >= 0.3 is 0 Å². The van der Waals surface area contributed by atoms with Crippen molar-refractivity contribution in [1.29, 1.82) is 0 Å². The van der Waals surface area contributed by atoms with E-state index in [2.05, 4.69) is 0 Å². The van der Waals surface area contributed by atoms with Crippen molar-refractivity contribution < 1.29 is 17.9 Å². The predicted octanol–water partition coefficient (Wildman–Crippen LogP) is 1.62. The number of nitrogens with zero attached hydrogens (tertiary/aromatic N) is 2. The molecule has 2 fully saturated rings. The first kappa shape index (κ1) is 19.3. The van der Waals surface area contributed by atoms with Gasteiger partial charge in [0.1, 0.15) is 0 Å². The van der Waals surface area contributed by atoms with Crippen LogP contribution in [0.15, 0.2) is 30.3 Å². The summed E-state index contributed by atoms with van der Waals surface area (Å²) in [6, 6.07) is 9.82. The second-order valence-corrected chi connectivity index (χ2v) is 9.44. The predicted molar refractivity (Wildman–Crippen MR) is 100 cm³/mol. The number of rotatable bonds is 4. The van der Waals surface area contributed by atoms with Crippen LogP contribution in [0.1, 0.15) is 32.3 Å². The molecule has 2 aliphatic heterocycles. The molecule has 26 heavy (non-hydrogen) atoms. The van der Waals surface area contributed by atoms with E-state index in [1.807, 2.05) is 42.2 Å².